The molecule has 1 unspecified atom stereocenters. The average Bonchev–Trinajstić information content (AvgIpc) is 2.37. The van der Waals surface area contributed by atoms with Crippen LogP contribution in [-0.2, 0) is 0 Å². The molecule has 0 saturated carbocycles. The molecule has 0 spiro atoms. The van der Waals surface area contributed by atoms with E-state index in [1.54, 1.807) is 6.07 Å². The molecule has 0 aliphatic rings. The minimum atomic E-state index is -0.509. The lowest BCUT2D eigenvalue weighted by atomic mass is 10.0. The highest BCUT2D eigenvalue weighted by atomic mass is 79.9. The van der Waals surface area contributed by atoms with E-state index in [0.29, 0.717) is 10.0 Å². The van der Waals surface area contributed by atoms with Gasteiger partial charge in [0, 0.05) is 4.47 Å². The van der Waals surface area contributed by atoms with Crippen molar-refractivity contribution >= 4 is 27.7 Å². The molecule has 0 radical (unpaired) electrons. The minimum Gasteiger partial charge on any atom is -0.409 e. The Kier molecular flexibility index (Phi) is 5.35. The van der Waals surface area contributed by atoms with Crippen LogP contribution in [0, 0.1) is 12.8 Å². The summed E-state index contributed by atoms with van der Waals surface area (Å²) in [5, 5.41) is 14.5. The number of amides is 1. The third kappa shape index (κ3) is 3.96. The first kappa shape index (κ1) is 15.5. The van der Waals surface area contributed by atoms with Gasteiger partial charge in [-0.15, -0.1) is 0 Å². The molecule has 1 amide bonds. The van der Waals surface area contributed by atoms with Gasteiger partial charge in [0.15, 0.2) is 5.84 Å². The molecule has 6 heteroatoms. The molecule has 19 heavy (non-hydrogen) atoms. The van der Waals surface area contributed by atoms with E-state index in [1.165, 1.54) is 0 Å². The van der Waals surface area contributed by atoms with E-state index in [1.807, 2.05) is 32.9 Å². The largest absolute Gasteiger partial charge is 0.409 e. The van der Waals surface area contributed by atoms with Gasteiger partial charge in [-0.25, -0.2) is 0 Å². The molecule has 104 valence electrons. The van der Waals surface area contributed by atoms with Crippen molar-refractivity contribution in [3.8, 4) is 0 Å². The van der Waals surface area contributed by atoms with E-state index in [4.69, 9.17) is 10.9 Å². The third-order valence-electron chi connectivity index (χ3n) is 2.75. The number of aryl methyl sites for hydroxylation is 1. The molecule has 4 N–H and O–H groups in total. The number of carbonyl (C=O) groups excluding carboxylic acids is 1. The van der Waals surface area contributed by atoms with E-state index in [9.17, 15) is 4.79 Å². The van der Waals surface area contributed by atoms with E-state index >= 15 is 0 Å². The summed E-state index contributed by atoms with van der Waals surface area (Å²) < 4.78 is 0.706. The predicted molar refractivity (Wildman–Crippen MR) is 78.4 cm³/mol. The number of amidine groups is 1. The van der Waals surface area contributed by atoms with Crippen molar-refractivity contribution in [2.75, 3.05) is 0 Å². The second-order valence-electron chi connectivity index (χ2n) is 4.70. The van der Waals surface area contributed by atoms with E-state index < -0.39 is 6.04 Å². The molecular formula is C13H18BrN3O2. The maximum Gasteiger partial charge on any atom is 0.253 e. The molecule has 0 aliphatic heterocycles. The molecule has 0 aromatic heterocycles. The second-order valence-corrected chi connectivity index (χ2v) is 5.56. The van der Waals surface area contributed by atoms with Crippen LogP contribution in [0.1, 0.15) is 29.8 Å². The number of hydrogen-bond acceptors (Lipinski definition) is 3. The molecule has 0 saturated heterocycles. The Labute approximate surface area is 121 Å². The zero-order valence-electron chi connectivity index (χ0n) is 11.1. The Balaban J connectivity index is 2.97. The highest BCUT2D eigenvalue weighted by Gasteiger charge is 2.22. The van der Waals surface area contributed by atoms with Crippen molar-refractivity contribution in [2.24, 2.45) is 16.8 Å². The van der Waals surface area contributed by atoms with Gasteiger partial charge in [-0.05, 0) is 40.9 Å². The lowest BCUT2D eigenvalue weighted by molar-refractivity contribution is 0.0938. The molecule has 1 aromatic rings. The highest BCUT2D eigenvalue weighted by molar-refractivity contribution is 9.10. The van der Waals surface area contributed by atoms with Crippen LogP contribution in [0.2, 0.25) is 0 Å². The quantitative estimate of drug-likeness (QED) is 0.343. The van der Waals surface area contributed by atoms with Gasteiger partial charge in [0.2, 0.25) is 0 Å². The molecular weight excluding hydrogens is 310 g/mol. The van der Waals surface area contributed by atoms with E-state index in [-0.39, 0.29) is 17.7 Å². The average molecular weight is 328 g/mol. The van der Waals surface area contributed by atoms with Gasteiger partial charge < -0.3 is 16.3 Å². The van der Waals surface area contributed by atoms with Crippen LogP contribution in [0.15, 0.2) is 27.8 Å². The first-order valence-corrected chi connectivity index (χ1v) is 6.70. The van der Waals surface area contributed by atoms with Gasteiger partial charge in [-0.3, -0.25) is 4.79 Å². The molecule has 0 heterocycles. The summed E-state index contributed by atoms with van der Waals surface area (Å²) in [7, 11) is 0. The number of hydrogen-bond donors (Lipinski definition) is 3. The van der Waals surface area contributed by atoms with Gasteiger partial charge in [-0.2, -0.15) is 0 Å². The first-order valence-electron chi connectivity index (χ1n) is 5.91. The summed E-state index contributed by atoms with van der Waals surface area (Å²) >= 11 is 3.34. The standard InChI is InChI=1S/C13H18BrN3O2/c1-7(2)11(12(15)17-19)16-13(18)9-6-8(3)4-5-10(9)14/h4-7,11,19H,1-3H3,(H2,15,17)(H,16,18). The van der Waals surface area contributed by atoms with Crippen LogP contribution >= 0.6 is 15.9 Å². The third-order valence-corrected chi connectivity index (χ3v) is 3.45. The Hall–Kier alpha value is -1.56. The van der Waals surface area contributed by atoms with Gasteiger partial charge in [0.05, 0.1) is 11.6 Å². The summed E-state index contributed by atoms with van der Waals surface area (Å²) in [6.07, 6.45) is 0. The molecule has 1 aromatic carbocycles. The highest BCUT2D eigenvalue weighted by Crippen LogP contribution is 2.18. The van der Waals surface area contributed by atoms with Crippen molar-refractivity contribution in [1.82, 2.24) is 5.32 Å². The van der Waals surface area contributed by atoms with Crippen molar-refractivity contribution in [2.45, 2.75) is 26.8 Å². The minimum absolute atomic E-state index is 0.00729. The monoisotopic (exact) mass is 327 g/mol. The molecule has 0 fully saturated rings. The Morgan fingerprint density at radius 2 is 2.11 bits per heavy atom. The van der Waals surface area contributed by atoms with E-state index in [0.717, 1.165) is 5.56 Å². The van der Waals surface area contributed by atoms with Crippen LogP contribution < -0.4 is 11.1 Å². The molecule has 5 nitrogen and oxygen atoms in total. The smallest absolute Gasteiger partial charge is 0.253 e. The summed E-state index contributed by atoms with van der Waals surface area (Å²) in [6.45, 7) is 5.68. The fraction of sp³-hybridized carbons (Fsp3) is 0.385. The van der Waals surface area contributed by atoms with Crippen molar-refractivity contribution in [1.29, 1.82) is 0 Å². The summed E-state index contributed by atoms with van der Waals surface area (Å²) in [4.78, 5) is 12.2. The van der Waals surface area contributed by atoms with Gasteiger partial charge in [-0.1, -0.05) is 30.6 Å². The number of nitrogens with two attached hydrogens (primary N) is 1. The van der Waals surface area contributed by atoms with Gasteiger partial charge >= 0.3 is 0 Å². The molecule has 1 atom stereocenters. The lowest BCUT2D eigenvalue weighted by Gasteiger charge is -2.21. The number of oxime groups is 1. The van der Waals surface area contributed by atoms with Crippen molar-refractivity contribution in [3.05, 3.63) is 33.8 Å². The number of carbonyl (C=O) groups is 1. The van der Waals surface area contributed by atoms with Gasteiger partial charge in [0.25, 0.3) is 5.91 Å². The number of halogens is 1. The summed E-state index contributed by atoms with van der Waals surface area (Å²) in [6, 6.07) is 5.00. The van der Waals surface area contributed by atoms with E-state index in [2.05, 4.69) is 26.4 Å². The zero-order valence-corrected chi connectivity index (χ0v) is 12.7. The van der Waals surface area contributed by atoms with Crippen LogP contribution in [0.25, 0.3) is 0 Å². The SMILES string of the molecule is Cc1ccc(Br)c(C(=O)NC(/C(N)=N/O)C(C)C)c1. The topological polar surface area (TPSA) is 87.7 Å². The fourth-order valence-electron chi connectivity index (χ4n) is 1.68. The van der Waals surface area contributed by atoms with Crippen LogP contribution in [-0.4, -0.2) is 23.0 Å². The van der Waals surface area contributed by atoms with Crippen LogP contribution in [0.3, 0.4) is 0 Å². The molecule has 0 aliphatic carbocycles. The lowest BCUT2D eigenvalue weighted by Crippen LogP contribution is -2.47. The number of benzene rings is 1. The maximum atomic E-state index is 12.2. The molecule has 0 bridgehead atoms. The Morgan fingerprint density at radius 3 is 2.63 bits per heavy atom. The number of nitrogens with zero attached hydrogens (tertiary/aromatic N) is 1. The van der Waals surface area contributed by atoms with Crippen LogP contribution in [0.4, 0.5) is 0 Å². The maximum absolute atomic E-state index is 12.2. The summed E-state index contributed by atoms with van der Waals surface area (Å²) in [5.74, 6) is -0.253. The fourth-order valence-corrected chi connectivity index (χ4v) is 2.10. The normalized spacial score (nSPS) is 13.4. The Morgan fingerprint density at radius 1 is 1.47 bits per heavy atom. The first-order chi connectivity index (χ1) is 8.86. The van der Waals surface area contributed by atoms with Crippen molar-refractivity contribution in [3.63, 3.8) is 0 Å². The Bertz CT molecular complexity index is 501. The van der Waals surface area contributed by atoms with Crippen molar-refractivity contribution < 1.29 is 10.0 Å². The second kappa shape index (κ2) is 6.56. The zero-order chi connectivity index (χ0) is 14.6. The van der Waals surface area contributed by atoms with Gasteiger partial charge in [0.1, 0.15) is 0 Å². The number of nitrogens with one attached hydrogen (secondary N) is 1. The van der Waals surface area contributed by atoms with Crippen LogP contribution in [0.5, 0.6) is 0 Å². The molecule has 1 rings (SSSR count). The predicted octanol–water partition coefficient (Wildman–Crippen LogP) is 2.26. The summed E-state index contributed by atoms with van der Waals surface area (Å²) in [5.41, 5.74) is 7.09. The number of rotatable bonds is 4.